The molecule has 0 saturated heterocycles. The lowest BCUT2D eigenvalue weighted by Crippen LogP contribution is -2.46. The minimum absolute atomic E-state index is 0.0458. The number of amides is 2. The van der Waals surface area contributed by atoms with Gasteiger partial charge in [-0.2, -0.15) is 0 Å². The molecule has 1 atom stereocenters. The molecule has 0 N–H and O–H groups in total. The molecule has 1 aromatic heterocycles. The Labute approximate surface area is 211 Å². The summed E-state index contributed by atoms with van der Waals surface area (Å²) < 4.78 is 0. The highest BCUT2D eigenvalue weighted by Gasteiger charge is 2.27. The van der Waals surface area contributed by atoms with Crippen molar-refractivity contribution in [2.75, 3.05) is 6.54 Å². The summed E-state index contributed by atoms with van der Waals surface area (Å²) in [7, 11) is 0. The second kappa shape index (κ2) is 11.3. The Kier molecular flexibility index (Phi) is 7.98. The summed E-state index contributed by atoms with van der Waals surface area (Å²) in [6, 6.07) is 25.7. The lowest BCUT2D eigenvalue weighted by Gasteiger charge is -2.31. The minimum Gasteiger partial charge on any atom is -0.332 e. The fourth-order valence-corrected chi connectivity index (χ4v) is 5.16. The third kappa shape index (κ3) is 5.80. The molecule has 0 spiro atoms. The number of carbonyl (C=O) groups is 2. The molecule has 0 bridgehead atoms. The van der Waals surface area contributed by atoms with Gasteiger partial charge in [0.05, 0.1) is 6.54 Å². The van der Waals surface area contributed by atoms with Crippen LogP contribution in [0.15, 0.2) is 84.2 Å². The monoisotopic (exact) mass is 484 g/mol. The largest absolute Gasteiger partial charge is 0.332 e. The van der Waals surface area contributed by atoms with Crippen LogP contribution in [0, 0.1) is 6.92 Å². The maximum absolute atomic E-state index is 13.8. The van der Waals surface area contributed by atoms with Crippen molar-refractivity contribution in [3.8, 4) is 0 Å². The number of fused-ring (bicyclic) bond motifs is 1. The molecule has 0 aliphatic carbocycles. The van der Waals surface area contributed by atoms with E-state index in [4.69, 9.17) is 0 Å². The summed E-state index contributed by atoms with van der Waals surface area (Å²) in [6.45, 7) is 7.24. The number of hydrogen-bond donors (Lipinski definition) is 0. The van der Waals surface area contributed by atoms with Gasteiger partial charge >= 0.3 is 0 Å². The van der Waals surface area contributed by atoms with Gasteiger partial charge in [-0.3, -0.25) is 9.59 Å². The van der Waals surface area contributed by atoms with E-state index in [1.165, 1.54) is 10.4 Å². The quantitative estimate of drug-likeness (QED) is 0.266. The Morgan fingerprint density at radius 1 is 0.886 bits per heavy atom. The van der Waals surface area contributed by atoms with Gasteiger partial charge in [-0.25, -0.2) is 0 Å². The predicted molar refractivity (Wildman–Crippen MR) is 144 cm³/mol. The lowest BCUT2D eigenvalue weighted by atomic mass is 10.0. The topological polar surface area (TPSA) is 40.6 Å². The number of aryl methyl sites for hydroxylation is 1. The summed E-state index contributed by atoms with van der Waals surface area (Å²) in [4.78, 5) is 32.3. The predicted octanol–water partition coefficient (Wildman–Crippen LogP) is 6.68. The molecule has 0 saturated carbocycles. The molecule has 4 aromatic rings. The van der Waals surface area contributed by atoms with Gasteiger partial charge in [0.15, 0.2) is 0 Å². The molecule has 180 valence electrons. The first-order valence-corrected chi connectivity index (χ1v) is 13.0. The van der Waals surface area contributed by atoms with E-state index in [2.05, 4.69) is 25.3 Å². The summed E-state index contributed by atoms with van der Waals surface area (Å²) in [5.41, 5.74) is 2.90. The number of thiophene rings is 1. The van der Waals surface area contributed by atoms with E-state index < -0.39 is 0 Å². The smallest absolute Gasteiger partial charge is 0.255 e. The SMILES string of the molecule is CC[C@H](C)N(CC(=O)N(Cc1ccccc1)Cc1sccc1C)C(=O)c1cccc2ccccc12. The molecule has 0 radical (unpaired) electrons. The third-order valence-electron chi connectivity index (χ3n) is 6.58. The summed E-state index contributed by atoms with van der Waals surface area (Å²) in [6.07, 6.45) is 0.770. The zero-order valence-electron chi connectivity index (χ0n) is 20.6. The van der Waals surface area contributed by atoms with Crippen molar-refractivity contribution < 1.29 is 9.59 Å². The van der Waals surface area contributed by atoms with E-state index in [0.717, 1.165) is 22.8 Å². The van der Waals surface area contributed by atoms with Crippen LogP contribution in [0.2, 0.25) is 0 Å². The molecule has 0 aliphatic heterocycles. The van der Waals surface area contributed by atoms with Crippen LogP contribution < -0.4 is 0 Å². The van der Waals surface area contributed by atoms with E-state index in [0.29, 0.717) is 18.7 Å². The van der Waals surface area contributed by atoms with Crippen LogP contribution in [-0.2, 0) is 17.9 Å². The fourth-order valence-electron chi connectivity index (χ4n) is 4.24. The van der Waals surface area contributed by atoms with Gasteiger partial charge in [0.25, 0.3) is 5.91 Å². The van der Waals surface area contributed by atoms with Crippen molar-refractivity contribution in [1.29, 1.82) is 0 Å². The maximum atomic E-state index is 13.8. The van der Waals surface area contributed by atoms with Gasteiger partial charge in [0.1, 0.15) is 6.54 Å². The fraction of sp³-hybridized carbons (Fsp3) is 0.267. The van der Waals surface area contributed by atoms with Crippen LogP contribution in [0.3, 0.4) is 0 Å². The summed E-state index contributed by atoms with van der Waals surface area (Å²) in [5.74, 6) is -0.146. The van der Waals surface area contributed by atoms with E-state index in [1.807, 2.05) is 84.6 Å². The standard InChI is InChI=1S/C30H32N2O2S/c1-4-23(3)32(30(34)27-16-10-14-25-13-8-9-15-26(25)27)21-29(33)31(19-24-11-6-5-7-12-24)20-28-22(2)17-18-35-28/h5-18,23H,4,19-21H2,1-3H3/t23-/m0/s1. The number of hydrogen-bond acceptors (Lipinski definition) is 3. The molecule has 1 heterocycles. The van der Waals surface area contributed by atoms with Crippen molar-refractivity contribution in [2.45, 2.75) is 46.3 Å². The molecule has 0 fully saturated rings. The van der Waals surface area contributed by atoms with E-state index in [-0.39, 0.29) is 24.4 Å². The van der Waals surface area contributed by atoms with Gasteiger partial charge in [-0.05, 0) is 59.7 Å². The molecule has 3 aromatic carbocycles. The number of carbonyl (C=O) groups excluding carboxylic acids is 2. The van der Waals surface area contributed by atoms with Crippen LogP contribution in [0.5, 0.6) is 0 Å². The average molecular weight is 485 g/mol. The highest BCUT2D eigenvalue weighted by Crippen LogP contribution is 2.23. The Morgan fingerprint density at radius 2 is 1.60 bits per heavy atom. The molecular weight excluding hydrogens is 452 g/mol. The van der Waals surface area contributed by atoms with Crippen LogP contribution in [0.1, 0.15) is 46.6 Å². The number of benzene rings is 3. The van der Waals surface area contributed by atoms with Crippen molar-refractivity contribution in [3.63, 3.8) is 0 Å². The Hall–Kier alpha value is -3.44. The Bertz CT molecular complexity index is 1290. The minimum atomic E-state index is -0.100. The first-order chi connectivity index (χ1) is 17.0. The molecular formula is C30H32N2O2S. The van der Waals surface area contributed by atoms with Crippen molar-refractivity contribution in [1.82, 2.24) is 9.80 Å². The molecule has 0 unspecified atom stereocenters. The molecule has 4 nitrogen and oxygen atoms in total. The van der Waals surface area contributed by atoms with Gasteiger partial charge in [0.2, 0.25) is 5.91 Å². The van der Waals surface area contributed by atoms with Crippen molar-refractivity contribution >= 4 is 33.9 Å². The van der Waals surface area contributed by atoms with E-state index >= 15 is 0 Å². The van der Waals surface area contributed by atoms with E-state index in [9.17, 15) is 9.59 Å². The Morgan fingerprint density at radius 3 is 2.31 bits per heavy atom. The normalized spacial score (nSPS) is 11.9. The summed E-state index contributed by atoms with van der Waals surface area (Å²) in [5, 5.41) is 3.99. The number of rotatable bonds is 9. The van der Waals surface area contributed by atoms with Crippen molar-refractivity contribution in [2.24, 2.45) is 0 Å². The van der Waals surface area contributed by atoms with Crippen LogP contribution in [0.4, 0.5) is 0 Å². The molecule has 0 aliphatic rings. The average Bonchev–Trinajstić information content (AvgIpc) is 3.30. The zero-order valence-corrected chi connectivity index (χ0v) is 21.4. The number of nitrogens with zero attached hydrogens (tertiary/aromatic N) is 2. The lowest BCUT2D eigenvalue weighted by molar-refractivity contribution is -0.133. The summed E-state index contributed by atoms with van der Waals surface area (Å²) >= 11 is 1.67. The highest BCUT2D eigenvalue weighted by molar-refractivity contribution is 7.10. The molecule has 2 amide bonds. The Balaban J connectivity index is 1.63. The van der Waals surface area contributed by atoms with Crippen LogP contribution in [0.25, 0.3) is 10.8 Å². The van der Waals surface area contributed by atoms with Gasteiger partial charge < -0.3 is 9.80 Å². The van der Waals surface area contributed by atoms with Crippen LogP contribution in [-0.4, -0.2) is 34.2 Å². The molecule has 4 rings (SSSR count). The van der Waals surface area contributed by atoms with Gasteiger partial charge in [-0.15, -0.1) is 11.3 Å². The van der Waals surface area contributed by atoms with Gasteiger partial charge in [0, 0.05) is 23.0 Å². The molecule has 5 heteroatoms. The van der Waals surface area contributed by atoms with Crippen molar-refractivity contribution in [3.05, 3.63) is 106 Å². The second-order valence-corrected chi connectivity index (χ2v) is 9.98. The van der Waals surface area contributed by atoms with Crippen LogP contribution >= 0.6 is 11.3 Å². The first kappa shape index (κ1) is 24.7. The second-order valence-electron chi connectivity index (χ2n) is 8.98. The van der Waals surface area contributed by atoms with E-state index in [1.54, 1.807) is 16.2 Å². The first-order valence-electron chi connectivity index (χ1n) is 12.1. The third-order valence-corrected chi connectivity index (χ3v) is 7.59. The molecule has 35 heavy (non-hydrogen) atoms. The highest BCUT2D eigenvalue weighted by atomic mass is 32.1. The zero-order chi connectivity index (χ0) is 24.8. The maximum Gasteiger partial charge on any atom is 0.255 e. The van der Waals surface area contributed by atoms with Gasteiger partial charge in [-0.1, -0.05) is 73.7 Å².